The highest BCUT2D eigenvalue weighted by molar-refractivity contribution is 5.90. The molecule has 2 amide bonds. The van der Waals surface area contributed by atoms with Gasteiger partial charge in [-0.05, 0) is 31.1 Å². The van der Waals surface area contributed by atoms with Crippen molar-refractivity contribution in [1.29, 1.82) is 0 Å². The van der Waals surface area contributed by atoms with Gasteiger partial charge in [-0.1, -0.05) is 13.8 Å². The van der Waals surface area contributed by atoms with Gasteiger partial charge in [0.25, 0.3) is 0 Å². The highest BCUT2D eigenvalue weighted by atomic mass is 16.6. The summed E-state index contributed by atoms with van der Waals surface area (Å²) < 4.78 is 4.76. The lowest BCUT2D eigenvalue weighted by Crippen LogP contribution is -2.59. The minimum Gasteiger partial charge on any atom is -0.368 e. The van der Waals surface area contributed by atoms with Crippen molar-refractivity contribution in [2.24, 2.45) is 17.6 Å². The van der Waals surface area contributed by atoms with Gasteiger partial charge >= 0.3 is 0 Å². The summed E-state index contributed by atoms with van der Waals surface area (Å²) in [6, 6.07) is -1.04. The molecule has 1 aliphatic carbocycles. The molecule has 0 aromatic heterocycles. The number of methoxy groups -OCH3 is 1. The minimum absolute atomic E-state index is 0.0463. The number of carbonyl (C=O) groups is 2. The molecule has 0 aromatic rings. The van der Waals surface area contributed by atoms with Gasteiger partial charge in [-0.2, -0.15) is 0 Å². The lowest BCUT2D eigenvalue weighted by Gasteiger charge is -2.37. The Morgan fingerprint density at radius 2 is 2.05 bits per heavy atom. The fraction of sp³-hybridized carbons (Fsp3) is 0.857. The minimum atomic E-state index is -1.21. The van der Waals surface area contributed by atoms with E-state index in [0.717, 1.165) is 19.3 Å². The number of fused-ring (bicyclic) bond motifs is 2. The van der Waals surface area contributed by atoms with E-state index >= 15 is 0 Å². The predicted molar refractivity (Wildman–Crippen MR) is 75.7 cm³/mol. The molecule has 1 saturated carbocycles. The van der Waals surface area contributed by atoms with Crippen LogP contribution in [0.4, 0.5) is 0 Å². The first-order valence-electron chi connectivity index (χ1n) is 7.45. The van der Waals surface area contributed by atoms with Gasteiger partial charge in [0.2, 0.25) is 18.2 Å². The molecule has 1 heterocycles. The lowest BCUT2D eigenvalue weighted by atomic mass is 9.95. The molecule has 0 aromatic carbocycles. The Kier molecular flexibility index (Phi) is 4.85. The number of hydrogen-bond donors (Lipinski definition) is 3. The van der Waals surface area contributed by atoms with Crippen molar-refractivity contribution in [2.75, 3.05) is 7.11 Å². The fourth-order valence-electron chi connectivity index (χ4n) is 3.60. The Labute approximate surface area is 124 Å². The quantitative estimate of drug-likeness (QED) is 0.567. The van der Waals surface area contributed by atoms with Gasteiger partial charge in [0.1, 0.15) is 6.04 Å². The molecule has 120 valence electrons. The number of ether oxygens (including phenoxy) is 1. The zero-order chi connectivity index (χ0) is 15.7. The highest BCUT2D eigenvalue weighted by Gasteiger charge is 2.51. The van der Waals surface area contributed by atoms with E-state index in [2.05, 4.69) is 5.32 Å². The highest BCUT2D eigenvalue weighted by Crippen LogP contribution is 2.42. The van der Waals surface area contributed by atoms with E-state index in [-0.39, 0.29) is 23.8 Å². The van der Waals surface area contributed by atoms with Crippen molar-refractivity contribution in [1.82, 2.24) is 10.2 Å². The number of nitrogens with zero attached hydrogens (tertiary/aromatic N) is 1. The number of carbonyl (C=O) groups excluding carboxylic acids is 2. The molecule has 21 heavy (non-hydrogen) atoms. The summed E-state index contributed by atoms with van der Waals surface area (Å²) in [6.45, 7) is 3.76. The van der Waals surface area contributed by atoms with Crippen LogP contribution >= 0.6 is 0 Å². The van der Waals surface area contributed by atoms with E-state index in [1.54, 1.807) is 4.90 Å². The Hall–Kier alpha value is -1.18. The van der Waals surface area contributed by atoms with Gasteiger partial charge in [0, 0.05) is 13.2 Å². The summed E-state index contributed by atoms with van der Waals surface area (Å²) in [5.41, 5.74) is 5.49. The summed E-state index contributed by atoms with van der Waals surface area (Å²) >= 11 is 0. The number of aliphatic hydroxyl groups excluding tert-OH is 1. The summed E-state index contributed by atoms with van der Waals surface area (Å²) in [6.07, 6.45) is 1.49. The molecule has 2 aliphatic rings. The average molecular weight is 299 g/mol. The first-order chi connectivity index (χ1) is 9.86. The second-order valence-corrected chi connectivity index (χ2v) is 6.30. The molecule has 7 nitrogen and oxygen atoms in total. The number of nitrogens with two attached hydrogens (primary N) is 1. The van der Waals surface area contributed by atoms with Crippen molar-refractivity contribution >= 4 is 11.8 Å². The Balaban J connectivity index is 2.17. The van der Waals surface area contributed by atoms with Gasteiger partial charge in [-0.25, -0.2) is 0 Å². The summed E-state index contributed by atoms with van der Waals surface area (Å²) in [5.74, 6) is -0.492. The number of aliphatic hydroxyl groups is 1. The first kappa shape index (κ1) is 16.2. The van der Waals surface area contributed by atoms with E-state index < -0.39 is 24.4 Å². The number of primary amides is 1. The Morgan fingerprint density at radius 1 is 1.38 bits per heavy atom. The third-order valence-electron chi connectivity index (χ3n) is 4.61. The molecular weight excluding hydrogens is 274 g/mol. The summed E-state index contributed by atoms with van der Waals surface area (Å²) in [7, 11) is 1.35. The van der Waals surface area contributed by atoms with Crippen molar-refractivity contribution in [3.8, 4) is 0 Å². The van der Waals surface area contributed by atoms with E-state index in [9.17, 15) is 14.7 Å². The van der Waals surface area contributed by atoms with Crippen LogP contribution in [0, 0.1) is 11.8 Å². The molecule has 5 unspecified atom stereocenters. The largest absolute Gasteiger partial charge is 0.368 e. The third kappa shape index (κ3) is 3.04. The molecule has 5 atom stereocenters. The van der Waals surface area contributed by atoms with Crippen LogP contribution in [0.25, 0.3) is 0 Å². The lowest BCUT2D eigenvalue weighted by molar-refractivity contribution is -0.150. The van der Waals surface area contributed by atoms with Crippen molar-refractivity contribution in [3.05, 3.63) is 0 Å². The number of hydrogen-bond acceptors (Lipinski definition) is 5. The predicted octanol–water partition coefficient (Wildman–Crippen LogP) is -0.612. The van der Waals surface area contributed by atoms with Crippen molar-refractivity contribution in [3.63, 3.8) is 0 Å². The van der Waals surface area contributed by atoms with Crippen molar-refractivity contribution in [2.45, 2.75) is 57.6 Å². The maximum absolute atomic E-state index is 12.8. The van der Waals surface area contributed by atoms with Gasteiger partial charge < -0.3 is 20.5 Å². The van der Waals surface area contributed by atoms with Crippen LogP contribution in [0.1, 0.15) is 33.1 Å². The maximum atomic E-state index is 12.8. The number of rotatable bonds is 6. The number of amides is 2. The van der Waals surface area contributed by atoms with Crippen LogP contribution in [-0.4, -0.2) is 53.5 Å². The van der Waals surface area contributed by atoms with Crippen molar-refractivity contribution < 1.29 is 19.4 Å². The van der Waals surface area contributed by atoms with Gasteiger partial charge in [0.05, 0.1) is 6.04 Å². The van der Waals surface area contributed by atoms with Gasteiger partial charge in [-0.15, -0.1) is 0 Å². The molecule has 7 heteroatoms. The van der Waals surface area contributed by atoms with Gasteiger partial charge in [0.15, 0.2) is 0 Å². The molecule has 0 radical (unpaired) electrons. The van der Waals surface area contributed by atoms with Crippen LogP contribution in [0.2, 0.25) is 0 Å². The zero-order valence-corrected chi connectivity index (χ0v) is 12.8. The Morgan fingerprint density at radius 3 is 2.57 bits per heavy atom. The molecule has 4 N–H and O–H groups in total. The smallest absolute Gasteiger partial charge is 0.241 e. The molecule has 2 bridgehead atoms. The normalized spacial score (nSPS) is 30.7. The molecular formula is C14H25N3O4. The topological polar surface area (TPSA) is 105 Å². The Bertz CT molecular complexity index is 415. The second-order valence-electron chi connectivity index (χ2n) is 6.30. The molecule has 0 spiro atoms. The number of piperidine rings is 1. The number of nitrogens with one attached hydrogen (secondary N) is 1. The van der Waals surface area contributed by atoms with E-state index in [1.165, 1.54) is 7.11 Å². The third-order valence-corrected chi connectivity index (χ3v) is 4.61. The van der Waals surface area contributed by atoms with Crippen LogP contribution in [-0.2, 0) is 14.3 Å². The average Bonchev–Trinajstić information content (AvgIpc) is 3.03. The van der Waals surface area contributed by atoms with Crippen LogP contribution in [0.3, 0.4) is 0 Å². The SMILES string of the molecule is COC(O)NC(C(=O)N1C2CCC(C2)C1C(N)=O)C(C)C. The molecule has 1 aliphatic heterocycles. The molecule has 2 fully saturated rings. The van der Waals surface area contributed by atoms with Gasteiger partial charge in [-0.3, -0.25) is 14.9 Å². The zero-order valence-electron chi connectivity index (χ0n) is 12.8. The summed E-state index contributed by atoms with van der Waals surface area (Å²) in [5, 5.41) is 12.3. The standard InChI is InChI=1S/C14H25N3O4/c1-7(2)10(16-14(20)21-3)13(19)17-9-5-4-8(6-9)11(17)12(15)18/h7-11,14,16,20H,4-6H2,1-3H3,(H2,15,18). The molecule has 2 rings (SSSR count). The summed E-state index contributed by atoms with van der Waals surface area (Å²) in [4.78, 5) is 26.2. The monoisotopic (exact) mass is 299 g/mol. The van der Waals surface area contributed by atoms with E-state index in [1.807, 2.05) is 13.8 Å². The van der Waals surface area contributed by atoms with E-state index in [4.69, 9.17) is 10.5 Å². The molecule has 1 saturated heterocycles. The second kappa shape index (κ2) is 6.29. The van der Waals surface area contributed by atoms with Crippen LogP contribution in [0.5, 0.6) is 0 Å². The fourth-order valence-corrected chi connectivity index (χ4v) is 3.60. The maximum Gasteiger partial charge on any atom is 0.241 e. The van der Waals surface area contributed by atoms with Crippen LogP contribution in [0.15, 0.2) is 0 Å². The van der Waals surface area contributed by atoms with E-state index in [0.29, 0.717) is 0 Å². The van der Waals surface area contributed by atoms with Crippen LogP contribution < -0.4 is 11.1 Å². The number of likely N-dealkylation sites (tertiary alicyclic amines) is 1. The first-order valence-corrected chi connectivity index (χ1v) is 7.45.